The maximum Gasteiger partial charge on any atom is 0.326 e. The number of carbonyl (C=O) groups excluding carboxylic acids is 1. The lowest BCUT2D eigenvalue weighted by molar-refractivity contribution is -0.151. The van der Waals surface area contributed by atoms with Gasteiger partial charge in [-0.15, -0.1) is 0 Å². The molecule has 0 bridgehead atoms. The fourth-order valence-electron chi connectivity index (χ4n) is 1.40. The second-order valence-corrected chi connectivity index (χ2v) is 3.98. The van der Waals surface area contributed by atoms with Crippen LogP contribution in [-0.2, 0) is 9.53 Å². The predicted molar refractivity (Wildman–Crippen MR) is 59.1 cm³/mol. The van der Waals surface area contributed by atoms with E-state index in [2.05, 4.69) is 13.0 Å². The molecule has 0 amide bonds. The summed E-state index contributed by atoms with van der Waals surface area (Å²) in [5, 5.41) is 8.99. The number of carbonyl (C=O) groups is 1. The van der Waals surface area contributed by atoms with Crippen LogP contribution in [0.4, 0.5) is 0 Å². The molecule has 0 aromatic rings. The first-order chi connectivity index (χ1) is 7.10. The monoisotopic (exact) mass is 211 g/mol. The van der Waals surface area contributed by atoms with Crippen LogP contribution >= 0.6 is 0 Å². The van der Waals surface area contributed by atoms with Gasteiger partial charge in [-0.25, -0.2) is 0 Å². The van der Waals surface area contributed by atoms with E-state index >= 15 is 0 Å². The molecule has 0 fully saturated rings. The number of nitrogens with zero attached hydrogens (tertiary/aromatic N) is 1. The van der Waals surface area contributed by atoms with Gasteiger partial charge in [-0.2, -0.15) is 5.26 Å². The summed E-state index contributed by atoms with van der Waals surface area (Å²) in [6.07, 6.45) is 4.90. The Morgan fingerprint density at radius 1 is 1.33 bits per heavy atom. The number of esters is 1. The maximum atomic E-state index is 11.5. The highest BCUT2D eigenvalue weighted by atomic mass is 16.5. The molecule has 0 aliphatic carbocycles. The summed E-state index contributed by atoms with van der Waals surface area (Å²) in [4.78, 5) is 11.5. The van der Waals surface area contributed by atoms with E-state index in [9.17, 15) is 4.79 Å². The van der Waals surface area contributed by atoms with Crippen LogP contribution in [0, 0.1) is 16.7 Å². The van der Waals surface area contributed by atoms with Gasteiger partial charge in [0.05, 0.1) is 12.7 Å². The van der Waals surface area contributed by atoms with E-state index in [1.54, 1.807) is 13.8 Å². The molecule has 15 heavy (non-hydrogen) atoms. The molecule has 0 N–H and O–H groups in total. The second-order valence-electron chi connectivity index (χ2n) is 3.98. The molecule has 0 saturated carbocycles. The summed E-state index contributed by atoms with van der Waals surface area (Å²) in [5.74, 6) is -0.385. The molecule has 0 heterocycles. The molecule has 3 nitrogen and oxygen atoms in total. The Labute approximate surface area is 92.4 Å². The van der Waals surface area contributed by atoms with E-state index in [4.69, 9.17) is 10.00 Å². The third kappa shape index (κ3) is 4.83. The molecule has 0 aromatic heterocycles. The average Bonchev–Trinajstić information content (AvgIpc) is 2.24. The number of nitriles is 1. The largest absolute Gasteiger partial charge is 0.465 e. The highest BCUT2D eigenvalue weighted by Gasteiger charge is 2.34. The number of rotatable bonds is 7. The van der Waals surface area contributed by atoms with Gasteiger partial charge in [-0.05, 0) is 20.3 Å². The Kier molecular flexibility index (Phi) is 6.77. The van der Waals surface area contributed by atoms with Crippen LogP contribution in [0.1, 0.15) is 52.9 Å². The molecule has 0 spiro atoms. The van der Waals surface area contributed by atoms with Crippen molar-refractivity contribution in [1.29, 1.82) is 5.26 Å². The molecule has 1 atom stereocenters. The van der Waals surface area contributed by atoms with E-state index in [0.29, 0.717) is 13.0 Å². The molecular weight excluding hydrogens is 190 g/mol. The van der Waals surface area contributed by atoms with Crippen molar-refractivity contribution in [2.45, 2.75) is 52.9 Å². The van der Waals surface area contributed by atoms with Crippen molar-refractivity contribution in [2.75, 3.05) is 6.61 Å². The van der Waals surface area contributed by atoms with Crippen LogP contribution in [-0.4, -0.2) is 12.6 Å². The van der Waals surface area contributed by atoms with Crippen LogP contribution in [0.3, 0.4) is 0 Å². The standard InChI is InChI=1S/C12H21NO2/c1-4-6-7-8-9-12(3,10-13)11(14)15-5-2/h4-9H2,1-3H3. The van der Waals surface area contributed by atoms with Gasteiger partial charge in [0.25, 0.3) is 0 Å². The van der Waals surface area contributed by atoms with Crippen molar-refractivity contribution < 1.29 is 9.53 Å². The Hall–Kier alpha value is -1.04. The minimum Gasteiger partial charge on any atom is -0.465 e. The van der Waals surface area contributed by atoms with E-state index in [1.165, 1.54) is 0 Å². The van der Waals surface area contributed by atoms with Crippen molar-refractivity contribution in [3.8, 4) is 6.07 Å². The Morgan fingerprint density at radius 3 is 2.47 bits per heavy atom. The van der Waals surface area contributed by atoms with Crippen molar-refractivity contribution in [3.63, 3.8) is 0 Å². The Bertz CT molecular complexity index is 232. The third-order valence-electron chi connectivity index (χ3n) is 2.50. The quantitative estimate of drug-likeness (QED) is 0.480. The molecule has 0 aliphatic rings. The highest BCUT2D eigenvalue weighted by molar-refractivity contribution is 5.79. The van der Waals surface area contributed by atoms with Gasteiger partial charge in [0.15, 0.2) is 5.41 Å². The van der Waals surface area contributed by atoms with E-state index in [-0.39, 0.29) is 5.97 Å². The number of unbranched alkanes of at least 4 members (excludes halogenated alkanes) is 3. The van der Waals surface area contributed by atoms with Gasteiger partial charge in [0.1, 0.15) is 0 Å². The average molecular weight is 211 g/mol. The maximum absolute atomic E-state index is 11.5. The molecular formula is C12H21NO2. The molecule has 0 rings (SSSR count). The fraction of sp³-hybridized carbons (Fsp3) is 0.833. The summed E-state index contributed by atoms with van der Waals surface area (Å²) >= 11 is 0. The first kappa shape index (κ1) is 14.0. The van der Waals surface area contributed by atoms with Crippen LogP contribution in [0.25, 0.3) is 0 Å². The number of hydrogen-bond donors (Lipinski definition) is 0. The molecule has 0 saturated heterocycles. The van der Waals surface area contributed by atoms with Crippen LogP contribution < -0.4 is 0 Å². The van der Waals surface area contributed by atoms with Gasteiger partial charge in [-0.3, -0.25) is 4.79 Å². The molecule has 0 aromatic carbocycles. The highest BCUT2D eigenvalue weighted by Crippen LogP contribution is 2.25. The van der Waals surface area contributed by atoms with Gasteiger partial charge >= 0.3 is 5.97 Å². The van der Waals surface area contributed by atoms with Gasteiger partial charge in [0.2, 0.25) is 0 Å². The molecule has 3 heteroatoms. The van der Waals surface area contributed by atoms with Gasteiger partial charge in [0, 0.05) is 0 Å². The van der Waals surface area contributed by atoms with E-state index in [1.807, 2.05) is 0 Å². The summed E-state index contributed by atoms with van der Waals surface area (Å²) in [5.41, 5.74) is -0.955. The normalized spacial score (nSPS) is 14.0. The summed E-state index contributed by atoms with van der Waals surface area (Å²) in [6.45, 7) is 5.89. The lowest BCUT2D eigenvalue weighted by Gasteiger charge is -2.18. The third-order valence-corrected chi connectivity index (χ3v) is 2.50. The lowest BCUT2D eigenvalue weighted by atomic mass is 9.86. The van der Waals surface area contributed by atoms with Crippen LogP contribution in [0.5, 0.6) is 0 Å². The van der Waals surface area contributed by atoms with Crippen molar-refractivity contribution in [1.82, 2.24) is 0 Å². The molecule has 0 aliphatic heterocycles. The SMILES string of the molecule is CCCCCCC(C)(C#N)C(=O)OCC. The predicted octanol–water partition coefficient (Wildman–Crippen LogP) is 3.05. The minimum atomic E-state index is -0.955. The first-order valence-corrected chi connectivity index (χ1v) is 5.69. The molecule has 86 valence electrons. The lowest BCUT2D eigenvalue weighted by Crippen LogP contribution is -2.28. The van der Waals surface area contributed by atoms with Crippen molar-refractivity contribution in [2.24, 2.45) is 5.41 Å². The van der Waals surface area contributed by atoms with Gasteiger partial charge in [-0.1, -0.05) is 32.6 Å². The second kappa shape index (κ2) is 7.28. The zero-order valence-electron chi connectivity index (χ0n) is 10.0. The summed E-state index contributed by atoms with van der Waals surface area (Å²) < 4.78 is 4.89. The zero-order chi connectivity index (χ0) is 11.7. The summed E-state index contributed by atoms with van der Waals surface area (Å²) in [6, 6.07) is 2.07. The van der Waals surface area contributed by atoms with E-state index < -0.39 is 5.41 Å². The number of hydrogen-bond acceptors (Lipinski definition) is 3. The first-order valence-electron chi connectivity index (χ1n) is 5.69. The van der Waals surface area contributed by atoms with E-state index in [0.717, 1.165) is 25.7 Å². The van der Waals surface area contributed by atoms with Gasteiger partial charge < -0.3 is 4.74 Å². The zero-order valence-corrected chi connectivity index (χ0v) is 10.0. The van der Waals surface area contributed by atoms with Crippen molar-refractivity contribution in [3.05, 3.63) is 0 Å². The minimum absolute atomic E-state index is 0.338. The van der Waals surface area contributed by atoms with Crippen LogP contribution in [0.2, 0.25) is 0 Å². The smallest absolute Gasteiger partial charge is 0.326 e. The fourth-order valence-corrected chi connectivity index (χ4v) is 1.40. The Morgan fingerprint density at radius 2 is 2.00 bits per heavy atom. The molecule has 0 radical (unpaired) electrons. The topological polar surface area (TPSA) is 50.1 Å². The van der Waals surface area contributed by atoms with Crippen LogP contribution in [0.15, 0.2) is 0 Å². The summed E-state index contributed by atoms with van der Waals surface area (Å²) in [7, 11) is 0. The Balaban J connectivity index is 4.08. The number of ether oxygens (including phenoxy) is 1. The molecule has 1 unspecified atom stereocenters. The van der Waals surface area contributed by atoms with Crippen molar-refractivity contribution >= 4 is 5.97 Å².